The number of hydrogen-bond donors (Lipinski definition) is 2. The van der Waals surface area contributed by atoms with E-state index in [1.54, 1.807) is 52.8 Å². The maximum Gasteiger partial charge on any atom is 0.410 e. The summed E-state index contributed by atoms with van der Waals surface area (Å²) in [6, 6.07) is 12.2. The number of fused-ring (bicyclic) bond motifs is 2. The topological polar surface area (TPSA) is 133 Å². The van der Waals surface area contributed by atoms with Crippen LogP contribution < -0.4 is 10.9 Å². The molecule has 2 aliphatic rings. The number of nitrogens with zero attached hydrogens (tertiary/aromatic N) is 5. The fourth-order valence-electron chi connectivity index (χ4n) is 5.43. The predicted octanol–water partition coefficient (Wildman–Crippen LogP) is 4.23. The first-order chi connectivity index (χ1) is 20.2. The van der Waals surface area contributed by atoms with Crippen LogP contribution in [-0.2, 0) is 17.2 Å². The number of benzene rings is 2. The molecule has 2 aromatic heterocycles. The van der Waals surface area contributed by atoms with Crippen molar-refractivity contribution in [1.29, 1.82) is 5.26 Å². The van der Waals surface area contributed by atoms with Crippen LogP contribution in [-0.4, -0.2) is 62.5 Å². The Morgan fingerprint density at radius 1 is 1.24 bits per heavy atom. The number of anilines is 1. The van der Waals surface area contributed by atoms with Gasteiger partial charge in [-0.25, -0.2) is 14.8 Å². The Hall–Kier alpha value is -4.41. The zero-order chi connectivity index (χ0) is 29.6. The second-order valence-electron chi connectivity index (χ2n) is 10.5. The van der Waals surface area contributed by atoms with Crippen molar-refractivity contribution in [2.75, 3.05) is 25.1 Å². The average Bonchev–Trinajstić information content (AvgIpc) is 3.63. The van der Waals surface area contributed by atoms with Crippen molar-refractivity contribution in [2.24, 2.45) is 0 Å². The molecule has 2 atom stereocenters. The molecule has 0 aliphatic carbocycles. The van der Waals surface area contributed by atoms with Crippen LogP contribution in [0.25, 0.3) is 21.5 Å². The molecular formula is C29H26F2N6O4S. The molecule has 0 saturated carbocycles. The van der Waals surface area contributed by atoms with E-state index in [0.29, 0.717) is 64.5 Å². The van der Waals surface area contributed by atoms with Gasteiger partial charge in [0, 0.05) is 29.2 Å². The number of halogens is 2. The second kappa shape index (κ2) is 10.8. The van der Waals surface area contributed by atoms with E-state index in [2.05, 4.69) is 21.4 Å². The number of alkyl halides is 2. The predicted molar refractivity (Wildman–Crippen MR) is 152 cm³/mol. The minimum atomic E-state index is -3.49. The third kappa shape index (κ3) is 5.08. The number of aliphatic hydroxyl groups excluding tert-OH is 1. The Morgan fingerprint density at radius 3 is 2.76 bits per heavy atom. The SMILES string of the molecule is Cc1nc2cc(-c3nc(C(F)(F)CO)cs3)c(N[C@H]3CCN4C(=O)OC[C@@H]4C3)cc2c(=O)n1Cc1ccc(C#N)cc1. The molecule has 1 amide bonds. The molecule has 0 spiro atoms. The lowest BCUT2D eigenvalue weighted by Gasteiger charge is -2.33. The zero-order valence-corrected chi connectivity index (χ0v) is 23.3. The van der Waals surface area contributed by atoms with E-state index in [4.69, 9.17) is 15.1 Å². The molecule has 2 saturated heterocycles. The van der Waals surface area contributed by atoms with Crippen molar-refractivity contribution in [3.63, 3.8) is 0 Å². The first kappa shape index (κ1) is 27.7. The van der Waals surface area contributed by atoms with E-state index in [1.165, 1.54) is 5.38 Å². The van der Waals surface area contributed by atoms with Crippen molar-refractivity contribution < 1.29 is 23.4 Å². The average molecular weight is 593 g/mol. The number of carbonyl (C=O) groups is 1. The van der Waals surface area contributed by atoms with E-state index >= 15 is 0 Å². The largest absolute Gasteiger partial charge is 0.447 e. The van der Waals surface area contributed by atoms with Gasteiger partial charge < -0.3 is 20.1 Å². The summed E-state index contributed by atoms with van der Waals surface area (Å²) in [4.78, 5) is 36.3. The van der Waals surface area contributed by atoms with Crippen LogP contribution in [0.2, 0.25) is 0 Å². The summed E-state index contributed by atoms with van der Waals surface area (Å²) in [6.07, 6.45) is 0.919. The number of aromatic nitrogens is 3. The Labute approximate surface area is 242 Å². The van der Waals surface area contributed by atoms with Gasteiger partial charge in [0.1, 0.15) is 29.7 Å². The molecule has 2 fully saturated rings. The molecular weight excluding hydrogens is 566 g/mol. The fourth-order valence-corrected chi connectivity index (χ4v) is 6.32. The number of ether oxygens (including phenoxy) is 1. The van der Waals surface area contributed by atoms with Crippen molar-refractivity contribution in [2.45, 2.75) is 44.3 Å². The summed E-state index contributed by atoms with van der Waals surface area (Å²) in [7, 11) is 0. The molecule has 6 rings (SSSR count). The molecule has 4 aromatic rings. The highest BCUT2D eigenvalue weighted by Crippen LogP contribution is 2.38. The third-order valence-electron chi connectivity index (χ3n) is 7.73. The number of nitriles is 1. The number of hydrogen-bond acceptors (Lipinski definition) is 9. The number of amides is 1. The van der Waals surface area contributed by atoms with Gasteiger partial charge in [-0.15, -0.1) is 11.3 Å². The Bertz CT molecular complexity index is 1780. The molecule has 42 heavy (non-hydrogen) atoms. The maximum absolute atomic E-state index is 14.2. The number of aryl methyl sites for hydroxylation is 1. The quantitative estimate of drug-likeness (QED) is 0.326. The monoisotopic (exact) mass is 592 g/mol. The van der Waals surface area contributed by atoms with Crippen molar-refractivity contribution in [3.05, 3.63) is 74.8 Å². The maximum atomic E-state index is 14.2. The molecule has 216 valence electrons. The van der Waals surface area contributed by atoms with Crippen LogP contribution in [0.5, 0.6) is 0 Å². The van der Waals surface area contributed by atoms with Crippen LogP contribution in [0.1, 0.15) is 35.5 Å². The summed E-state index contributed by atoms with van der Waals surface area (Å²) in [5.41, 5.74) is 1.97. The van der Waals surface area contributed by atoms with Crippen LogP contribution in [0.15, 0.2) is 46.6 Å². The molecule has 0 radical (unpaired) electrons. The van der Waals surface area contributed by atoms with Gasteiger partial charge in [-0.1, -0.05) is 12.1 Å². The second-order valence-corrected chi connectivity index (χ2v) is 11.3. The number of piperidine rings is 1. The van der Waals surface area contributed by atoms with Gasteiger partial charge in [0.25, 0.3) is 5.56 Å². The lowest BCUT2D eigenvalue weighted by molar-refractivity contribution is -0.0587. The van der Waals surface area contributed by atoms with Gasteiger partial charge in [0.05, 0.1) is 35.1 Å². The van der Waals surface area contributed by atoms with Gasteiger partial charge in [0.15, 0.2) is 0 Å². The highest BCUT2D eigenvalue weighted by molar-refractivity contribution is 7.13. The smallest absolute Gasteiger partial charge is 0.410 e. The molecule has 2 N–H and O–H groups in total. The molecule has 10 nitrogen and oxygen atoms in total. The first-order valence-corrected chi connectivity index (χ1v) is 14.2. The van der Waals surface area contributed by atoms with Crippen molar-refractivity contribution >= 4 is 34.0 Å². The van der Waals surface area contributed by atoms with Crippen molar-refractivity contribution in [1.82, 2.24) is 19.4 Å². The van der Waals surface area contributed by atoms with Crippen LogP contribution >= 0.6 is 11.3 Å². The van der Waals surface area contributed by atoms with Gasteiger partial charge in [-0.05, 0) is 49.6 Å². The van der Waals surface area contributed by atoms with E-state index in [-0.39, 0.29) is 30.3 Å². The normalized spacial score (nSPS) is 18.5. The Kier molecular flexibility index (Phi) is 7.12. The fraction of sp³-hybridized carbons (Fsp3) is 0.345. The van der Waals surface area contributed by atoms with E-state index < -0.39 is 18.2 Å². The molecule has 0 bridgehead atoms. The third-order valence-corrected chi connectivity index (χ3v) is 8.60. The van der Waals surface area contributed by atoms with Gasteiger partial charge >= 0.3 is 12.0 Å². The summed E-state index contributed by atoms with van der Waals surface area (Å²) < 4.78 is 35.2. The highest BCUT2D eigenvalue weighted by atomic mass is 32.1. The Morgan fingerprint density at radius 2 is 2.02 bits per heavy atom. The standard InChI is InChI=1S/C29H26F2N6O4S/c1-16-33-24-9-21(26-35-25(14-42-26)29(30,31)15-38)23(34-19-6-7-36-20(8-19)13-41-28(36)40)10-22(24)27(39)37(16)12-18-4-2-17(11-32)3-5-18/h2-5,9-10,14,19-20,34,38H,6-8,12-13,15H2,1H3/t19-,20-/m0/s1. The van der Waals surface area contributed by atoms with E-state index in [1.807, 2.05) is 0 Å². The molecule has 0 unspecified atom stereocenters. The number of cyclic esters (lactones) is 1. The van der Waals surface area contributed by atoms with Crippen LogP contribution in [0.4, 0.5) is 19.3 Å². The first-order valence-electron chi connectivity index (χ1n) is 13.4. The zero-order valence-electron chi connectivity index (χ0n) is 22.5. The molecule has 4 heterocycles. The molecule has 2 aromatic carbocycles. The number of rotatable bonds is 7. The summed E-state index contributed by atoms with van der Waals surface area (Å²) in [5, 5.41) is 23.6. The summed E-state index contributed by atoms with van der Waals surface area (Å²) in [6.45, 7) is 1.42. The lowest BCUT2D eigenvalue weighted by atomic mass is 9.97. The minimum Gasteiger partial charge on any atom is -0.447 e. The summed E-state index contributed by atoms with van der Waals surface area (Å²) in [5.74, 6) is -3.02. The number of carbonyl (C=O) groups excluding carboxylic acids is 1. The summed E-state index contributed by atoms with van der Waals surface area (Å²) >= 11 is 1.01. The van der Waals surface area contributed by atoms with E-state index in [9.17, 15) is 18.4 Å². The highest BCUT2D eigenvalue weighted by Gasteiger charge is 2.38. The lowest BCUT2D eigenvalue weighted by Crippen LogP contribution is -2.45. The van der Waals surface area contributed by atoms with Crippen LogP contribution in [0.3, 0.4) is 0 Å². The van der Waals surface area contributed by atoms with Gasteiger partial charge in [-0.2, -0.15) is 14.0 Å². The van der Waals surface area contributed by atoms with Gasteiger partial charge in [-0.3, -0.25) is 9.36 Å². The van der Waals surface area contributed by atoms with Crippen molar-refractivity contribution in [3.8, 4) is 16.6 Å². The Balaban J connectivity index is 1.42. The van der Waals surface area contributed by atoms with Crippen LogP contribution in [0, 0.1) is 18.3 Å². The van der Waals surface area contributed by atoms with E-state index in [0.717, 1.165) is 16.9 Å². The number of thiazole rings is 1. The molecule has 13 heteroatoms. The minimum absolute atomic E-state index is 0.0728. The van der Waals surface area contributed by atoms with Gasteiger partial charge in [0.2, 0.25) is 0 Å². The molecule has 2 aliphatic heterocycles. The number of nitrogens with one attached hydrogen (secondary N) is 1. The number of aliphatic hydroxyl groups is 1.